The maximum absolute atomic E-state index is 6.34. The van der Waals surface area contributed by atoms with E-state index in [1.165, 1.54) is 25.7 Å². The van der Waals surface area contributed by atoms with E-state index in [2.05, 4.69) is 48.6 Å². The van der Waals surface area contributed by atoms with Gasteiger partial charge in [0.25, 0.3) is 0 Å². The van der Waals surface area contributed by atoms with Crippen LogP contribution in [0.15, 0.2) is 0 Å². The number of nitrogens with zero attached hydrogens (tertiary/aromatic N) is 2. The summed E-state index contributed by atoms with van der Waals surface area (Å²) in [5.74, 6) is 0. The van der Waals surface area contributed by atoms with Crippen molar-refractivity contribution in [2.45, 2.75) is 97.8 Å². The molecule has 0 amide bonds. The molecule has 25 heavy (non-hydrogen) atoms. The van der Waals surface area contributed by atoms with Gasteiger partial charge in [-0.15, -0.1) is 0 Å². The highest BCUT2D eigenvalue weighted by atomic mass is 15.6. The van der Waals surface area contributed by atoms with Crippen LogP contribution < -0.4 is 22.3 Å². The second kappa shape index (κ2) is 17.2. The van der Waals surface area contributed by atoms with Crippen molar-refractivity contribution < 1.29 is 0 Å². The SMILES string of the molecule is CCCCNN(CCCN(NCCCC)C(N)CCC)C(N)CCC. The molecule has 0 saturated heterocycles. The van der Waals surface area contributed by atoms with Gasteiger partial charge < -0.3 is 11.5 Å². The number of nitrogens with one attached hydrogen (secondary N) is 2. The van der Waals surface area contributed by atoms with Gasteiger partial charge in [0.2, 0.25) is 0 Å². The van der Waals surface area contributed by atoms with E-state index in [9.17, 15) is 0 Å². The lowest BCUT2D eigenvalue weighted by Gasteiger charge is -2.32. The Labute approximate surface area is 157 Å². The van der Waals surface area contributed by atoms with Crippen molar-refractivity contribution in [3.8, 4) is 0 Å². The van der Waals surface area contributed by atoms with E-state index >= 15 is 0 Å². The summed E-state index contributed by atoms with van der Waals surface area (Å²) in [7, 11) is 0. The molecule has 0 spiro atoms. The summed E-state index contributed by atoms with van der Waals surface area (Å²) in [6.07, 6.45) is 10.3. The summed E-state index contributed by atoms with van der Waals surface area (Å²) in [5, 5.41) is 4.46. The number of hydrazine groups is 2. The fourth-order valence-corrected chi connectivity index (χ4v) is 2.84. The zero-order chi connectivity index (χ0) is 18.9. The Hall–Kier alpha value is -0.240. The number of nitrogens with two attached hydrogens (primary N) is 2. The maximum atomic E-state index is 6.34. The molecule has 2 unspecified atom stereocenters. The molecule has 0 aromatic carbocycles. The van der Waals surface area contributed by atoms with Gasteiger partial charge in [-0.05, 0) is 32.1 Å². The normalized spacial score (nSPS) is 14.4. The fraction of sp³-hybridized carbons (Fsp3) is 1.00. The molecule has 0 aliphatic carbocycles. The quantitative estimate of drug-likeness (QED) is 0.171. The molecule has 6 N–H and O–H groups in total. The molecule has 6 heteroatoms. The fourth-order valence-electron chi connectivity index (χ4n) is 2.84. The van der Waals surface area contributed by atoms with Crippen LogP contribution >= 0.6 is 0 Å². The van der Waals surface area contributed by atoms with Gasteiger partial charge in [0.05, 0.1) is 12.3 Å². The third-order valence-electron chi connectivity index (χ3n) is 4.46. The lowest BCUT2D eigenvalue weighted by Crippen LogP contribution is -2.53. The van der Waals surface area contributed by atoms with Crippen molar-refractivity contribution in [1.82, 2.24) is 20.9 Å². The van der Waals surface area contributed by atoms with Crippen molar-refractivity contribution in [1.29, 1.82) is 0 Å². The zero-order valence-corrected chi connectivity index (χ0v) is 17.4. The van der Waals surface area contributed by atoms with E-state index in [4.69, 9.17) is 11.5 Å². The average Bonchev–Trinajstić information content (AvgIpc) is 2.59. The predicted octanol–water partition coefficient (Wildman–Crippen LogP) is 2.76. The first kappa shape index (κ1) is 24.8. The summed E-state index contributed by atoms with van der Waals surface area (Å²) >= 11 is 0. The Bertz CT molecular complexity index is 251. The predicted molar refractivity (Wildman–Crippen MR) is 110 cm³/mol. The Morgan fingerprint density at radius 1 is 0.640 bits per heavy atom. The second-order valence-electron chi connectivity index (χ2n) is 6.98. The molecule has 2 atom stereocenters. The number of rotatable bonds is 18. The molecule has 0 aliphatic rings. The lowest BCUT2D eigenvalue weighted by atomic mass is 10.2. The van der Waals surface area contributed by atoms with Crippen LogP contribution in [0.1, 0.15) is 85.5 Å². The van der Waals surface area contributed by atoms with Crippen LogP contribution in [0.25, 0.3) is 0 Å². The molecule has 152 valence electrons. The summed E-state index contributed by atoms with van der Waals surface area (Å²) in [6, 6.07) is 0. The number of hydrogen-bond acceptors (Lipinski definition) is 6. The molecule has 0 fully saturated rings. The highest BCUT2D eigenvalue weighted by Gasteiger charge is 2.16. The molecule has 0 aromatic heterocycles. The first-order chi connectivity index (χ1) is 12.1. The number of hydrogen-bond donors (Lipinski definition) is 4. The van der Waals surface area contributed by atoms with Gasteiger partial charge in [0, 0.05) is 26.2 Å². The van der Waals surface area contributed by atoms with Crippen LogP contribution in [0.2, 0.25) is 0 Å². The summed E-state index contributed by atoms with van der Waals surface area (Å²) in [5.41, 5.74) is 19.7. The molecular weight excluding hydrogens is 312 g/mol. The van der Waals surface area contributed by atoms with E-state index < -0.39 is 0 Å². The van der Waals surface area contributed by atoms with Gasteiger partial charge in [-0.2, -0.15) is 0 Å². The molecule has 0 aromatic rings. The summed E-state index contributed by atoms with van der Waals surface area (Å²) in [4.78, 5) is 0. The van der Waals surface area contributed by atoms with Crippen LogP contribution in [-0.4, -0.2) is 48.5 Å². The highest BCUT2D eigenvalue weighted by molar-refractivity contribution is 4.66. The van der Waals surface area contributed by atoms with Crippen molar-refractivity contribution >= 4 is 0 Å². The minimum atomic E-state index is 0.0904. The zero-order valence-electron chi connectivity index (χ0n) is 17.4. The van der Waals surface area contributed by atoms with Gasteiger partial charge in [-0.3, -0.25) is 10.9 Å². The van der Waals surface area contributed by atoms with Crippen LogP contribution in [0, 0.1) is 0 Å². The first-order valence-electron chi connectivity index (χ1n) is 10.6. The van der Waals surface area contributed by atoms with Gasteiger partial charge in [-0.25, -0.2) is 10.0 Å². The molecule has 0 radical (unpaired) electrons. The van der Waals surface area contributed by atoms with Crippen molar-refractivity contribution in [2.75, 3.05) is 26.2 Å². The minimum absolute atomic E-state index is 0.0904. The first-order valence-corrected chi connectivity index (χ1v) is 10.6. The maximum Gasteiger partial charge on any atom is 0.0707 e. The smallest absolute Gasteiger partial charge is 0.0707 e. The summed E-state index contributed by atoms with van der Waals surface area (Å²) < 4.78 is 0. The largest absolute Gasteiger partial charge is 0.315 e. The van der Waals surface area contributed by atoms with Gasteiger partial charge in [0.1, 0.15) is 0 Å². The molecule has 0 aliphatic heterocycles. The van der Waals surface area contributed by atoms with Gasteiger partial charge in [0.15, 0.2) is 0 Å². The average molecular weight is 359 g/mol. The standard InChI is InChI=1S/C19H46N6/c1-5-9-14-22-24(18(20)12-7-3)16-11-17-25(19(21)13-8-4)23-15-10-6-2/h18-19,22-23H,5-17,20-21H2,1-4H3. The van der Waals surface area contributed by atoms with Crippen LogP contribution in [0.5, 0.6) is 0 Å². The van der Waals surface area contributed by atoms with Gasteiger partial charge >= 0.3 is 0 Å². The van der Waals surface area contributed by atoms with E-state index in [0.29, 0.717) is 0 Å². The van der Waals surface area contributed by atoms with Crippen LogP contribution in [0.4, 0.5) is 0 Å². The summed E-state index contributed by atoms with van der Waals surface area (Å²) in [6.45, 7) is 12.7. The van der Waals surface area contributed by atoms with E-state index in [0.717, 1.165) is 58.3 Å². The van der Waals surface area contributed by atoms with E-state index in [-0.39, 0.29) is 12.3 Å². The third kappa shape index (κ3) is 12.7. The van der Waals surface area contributed by atoms with Crippen molar-refractivity contribution in [2.24, 2.45) is 11.5 Å². The minimum Gasteiger partial charge on any atom is -0.315 e. The Balaban J connectivity index is 4.41. The van der Waals surface area contributed by atoms with Crippen molar-refractivity contribution in [3.63, 3.8) is 0 Å². The Morgan fingerprint density at radius 2 is 1.04 bits per heavy atom. The lowest BCUT2D eigenvalue weighted by molar-refractivity contribution is 0.0837. The highest BCUT2D eigenvalue weighted by Crippen LogP contribution is 2.04. The van der Waals surface area contributed by atoms with E-state index in [1.54, 1.807) is 0 Å². The molecule has 0 rings (SSSR count). The van der Waals surface area contributed by atoms with Gasteiger partial charge in [-0.1, -0.05) is 53.4 Å². The Kier molecular flexibility index (Phi) is 17.0. The Morgan fingerprint density at radius 3 is 1.36 bits per heavy atom. The molecule has 0 saturated carbocycles. The van der Waals surface area contributed by atoms with E-state index in [1.807, 2.05) is 0 Å². The van der Waals surface area contributed by atoms with Crippen LogP contribution in [0.3, 0.4) is 0 Å². The third-order valence-corrected chi connectivity index (χ3v) is 4.46. The molecule has 0 heterocycles. The molecule has 6 nitrogen and oxygen atoms in total. The molecule has 0 bridgehead atoms. The topological polar surface area (TPSA) is 82.6 Å². The monoisotopic (exact) mass is 358 g/mol. The van der Waals surface area contributed by atoms with Crippen LogP contribution in [-0.2, 0) is 0 Å². The van der Waals surface area contributed by atoms with Crippen molar-refractivity contribution in [3.05, 3.63) is 0 Å². The number of unbranched alkanes of at least 4 members (excludes halogenated alkanes) is 2. The molecular formula is C19H46N6. The second-order valence-corrected chi connectivity index (χ2v) is 6.98.